The molecule has 3 amide bonds. The van der Waals surface area contributed by atoms with E-state index in [1.54, 1.807) is 12.1 Å². The molecular weight excluding hydrogens is 408 g/mol. The van der Waals surface area contributed by atoms with E-state index in [4.69, 9.17) is 4.52 Å². The third-order valence-corrected chi connectivity index (χ3v) is 6.74. The molecule has 32 heavy (non-hydrogen) atoms. The number of fused-ring (bicyclic) bond motifs is 1. The van der Waals surface area contributed by atoms with Crippen molar-refractivity contribution in [2.75, 3.05) is 0 Å². The Labute approximate surface area is 186 Å². The van der Waals surface area contributed by atoms with Gasteiger partial charge in [0, 0.05) is 17.5 Å². The molecule has 3 aliphatic rings. The fourth-order valence-corrected chi connectivity index (χ4v) is 4.69. The predicted octanol–water partition coefficient (Wildman–Crippen LogP) is 4.00. The number of hydrogen-bond acceptors (Lipinski definition) is 6. The quantitative estimate of drug-likeness (QED) is 0.686. The average molecular weight is 437 g/mol. The van der Waals surface area contributed by atoms with Crippen LogP contribution in [0.3, 0.4) is 0 Å². The molecule has 0 bridgehead atoms. The molecule has 8 heteroatoms. The maximum Gasteiger partial charge on any atom is 0.261 e. The second-order valence-corrected chi connectivity index (χ2v) is 9.49. The molecule has 1 N–H and O–H groups in total. The number of rotatable bonds is 6. The summed E-state index contributed by atoms with van der Waals surface area (Å²) in [6.45, 7) is 3.94. The van der Waals surface area contributed by atoms with Crippen LogP contribution in [0.25, 0.3) is 0 Å². The van der Waals surface area contributed by atoms with Crippen LogP contribution < -0.4 is 5.32 Å². The number of carbonyl (C=O) groups is 3. The van der Waals surface area contributed by atoms with E-state index in [0.717, 1.165) is 44.9 Å². The second-order valence-electron chi connectivity index (χ2n) is 9.49. The number of amides is 3. The van der Waals surface area contributed by atoms with Crippen LogP contribution >= 0.6 is 0 Å². The van der Waals surface area contributed by atoms with Gasteiger partial charge in [-0.15, -0.1) is 0 Å². The van der Waals surface area contributed by atoms with Gasteiger partial charge in [-0.1, -0.05) is 38.3 Å². The number of benzene rings is 1. The first kappa shape index (κ1) is 20.8. The van der Waals surface area contributed by atoms with E-state index in [1.165, 1.54) is 11.0 Å². The average Bonchev–Trinajstić information content (AvgIpc) is 3.48. The lowest BCUT2D eigenvalue weighted by atomic mass is 9.94. The smallest absolute Gasteiger partial charge is 0.261 e. The van der Waals surface area contributed by atoms with Gasteiger partial charge in [-0.3, -0.25) is 19.3 Å². The number of imide groups is 1. The Hall–Kier alpha value is -3.03. The predicted molar refractivity (Wildman–Crippen MR) is 115 cm³/mol. The van der Waals surface area contributed by atoms with E-state index < -0.39 is 6.04 Å². The Kier molecular flexibility index (Phi) is 5.31. The summed E-state index contributed by atoms with van der Waals surface area (Å²) in [6, 6.07) is 4.25. The first-order valence-electron chi connectivity index (χ1n) is 11.6. The molecule has 0 saturated heterocycles. The van der Waals surface area contributed by atoms with E-state index in [1.807, 2.05) is 13.8 Å². The molecule has 2 saturated carbocycles. The van der Waals surface area contributed by atoms with Crippen molar-refractivity contribution in [3.63, 3.8) is 0 Å². The molecule has 0 radical (unpaired) electrons. The second kappa shape index (κ2) is 8.15. The SMILES string of the molecule is CC(C)C(NC(=O)c1ccc2c(c1)C(=O)N(C1CCCCC1)C2=O)c1nc(C2CC2)no1. The van der Waals surface area contributed by atoms with Crippen LogP contribution in [-0.4, -0.2) is 38.8 Å². The minimum atomic E-state index is -0.438. The number of hydrogen-bond donors (Lipinski definition) is 1. The summed E-state index contributed by atoms with van der Waals surface area (Å²) in [6.07, 6.45) is 7.03. The zero-order valence-corrected chi connectivity index (χ0v) is 18.5. The van der Waals surface area contributed by atoms with Gasteiger partial charge >= 0.3 is 0 Å². The molecule has 2 heterocycles. The first-order valence-corrected chi connectivity index (χ1v) is 11.6. The third-order valence-electron chi connectivity index (χ3n) is 6.74. The summed E-state index contributed by atoms with van der Waals surface area (Å²) in [5, 5.41) is 7.02. The summed E-state index contributed by atoms with van der Waals surface area (Å²) in [5.74, 6) is 0.610. The van der Waals surface area contributed by atoms with Crippen LogP contribution in [0.4, 0.5) is 0 Å². The van der Waals surface area contributed by atoms with E-state index in [9.17, 15) is 14.4 Å². The van der Waals surface area contributed by atoms with Crippen LogP contribution in [-0.2, 0) is 0 Å². The van der Waals surface area contributed by atoms with Crippen LogP contribution in [0.5, 0.6) is 0 Å². The highest BCUT2D eigenvalue weighted by Crippen LogP contribution is 2.39. The maximum atomic E-state index is 13.0. The van der Waals surface area contributed by atoms with Gasteiger partial charge in [0.25, 0.3) is 17.7 Å². The van der Waals surface area contributed by atoms with Crippen molar-refractivity contribution in [3.05, 3.63) is 46.6 Å². The minimum absolute atomic E-state index is 0.0332. The van der Waals surface area contributed by atoms with E-state index in [0.29, 0.717) is 34.3 Å². The van der Waals surface area contributed by atoms with Gasteiger partial charge in [-0.25, -0.2) is 0 Å². The first-order chi connectivity index (χ1) is 15.4. The topological polar surface area (TPSA) is 105 Å². The monoisotopic (exact) mass is 436 g/mol. The fraction of sp³-hybridized carbons (Fsp3) is 0.542. The molecule has 2 aromatic rings. The lowest BCUT2D eigenvalue weighted by Gasteiger charge is -2.29. The largest absolute Gasteiger partial charge is 0.340 e. The molecule has 8 nitrogen and oxygen atoms in total. The van der Waals surface area contributed by atoms with Crippen molar-refractivity contribution in [2.45, 2.75) is 76.8 Å². The van der Waals surface area contributed by atoms with Crippen molar-refractivity contribution in [1.82, 2.24) is 20.4 Å². The highest BCUT2D eigenvalue weighted by atomic mass is 16.5. The molecule has 5 rings (SSSR count). The number of carbonyl (C=O) groups excluding carboxylic acids is 3. The summed E-state index contributed by atoms with van der Waals surface area (Å²) >= 11 is 0. The lowest BCUT2D eigenvalue weighted by molar-refractivity contribution is 0.0548. The van der Waals surface area contributed by atoms with E-state index in [2.05, 4.69) is 15.5 Å². The zero-order chi connectivity index (χ0) is 22.4. The number of aromatic nitrogens is 2. The zero-order valence-electron chi connectivity index (χ0n) is 18.5. The maximum absolute atomic E-state index is 13.0. The van der Waals surface area contributed by atoms with Gasteiger partial charge in [0.1, 0.15) is 6.04 Å². The Morgan fingerprint density at radius 2 is 1.78 bits per heavy atom. The Morgan fingerprint density at radius 3 is 2.47 bits per heavy atom. The van der Waals surface area contributed by atoms with Crippen LogP contribution in [0.2, 0.25) is 0 Å². The Balaban J connectivity index is 1.35. The molecule has 2 fully saturated rings. The minimum Gasteiger partial charge on any atom is -0.340 e. The van der Waals surface area contributed by atoms with E-state index in [-0.39, 0.29) is 29.7 Å². The highest BCUT2D eigenvalue weighted by Gasteiger charge is 2.40. The standard InChI is InChI=1S/C24H28N4O4/c1-13(2)19(22-26-20(27-32-22)14-8-9-14)25-21(29)15-10-11-17-18(12-15)24(31)28(23(17)30)16-6-4-3-5-7-16/h10-14,16,19H,3-9H2,1-2H3,(H,25,29). The fourth-order valence-electron chi connectivity index (χ4n) is 4.69. The molecule has 168 valence electrons. The summed E-state index contributed by atoms with van der Waals surface area (Å²) < 4.78 is 5.43. The van der Waals surface area contributed by atoms with Crippen LogP contribution in [0, 0.1) is 5.92 Å². The normalized spacial score (nSPS) is 20.0. The van der Waals surface area contributed by atoms with E-state index >= 15 is 0 Å². The number of nitrogens with one attached hydrogen (secondary N) is 1. The van der Waals surface area contributed by atoms with Crippen molar-refractivity contribution in [1.29, 1.82) is 0 Å². The van der Waals surface area contributed by atoms with Gasteiger partial charge in [0.05, 0.1) is 11.1 Å². The molecule has 2 aliphatic carbocycles. The van der Waals surface area contributed by atoms with Gasteiger partial charge in [0.2, 0.25) is 5.89 Å². The summed E-state index contributed by atoms with van der Waals surface area (Å²) in [5.41, 5.74) is 1.02. The molecule has 1 aromatic heterocycles. The number of nitrogens with zero attached hydrogens (tertiary/aromatic N) is 3. The highest BCUT2D eigenvalue weighted by molar-refractivity contribution is 6.22. The lowest BCUT2D eigenvalue weighted by Crippen LogP contribution is -2.40. The van der Waals surface area contributed by atoms with Crippen molar-refractivity contribution in [3.8, 4) is 0 Å². The van der Waals surface area contributed by atoms with Crippen molar-refractivity contribution in [2.24, 2.45) is 5.92 Å². The summed E-state index contributed by atoms with van der Waals surface area (Å²) in [7, 11) is 0. The molecule has 0 spiro atoms. The van der Waals surface area contributed by atoms with Gasteiger partial charge in [-0.2, -0.15) is 4.98 Å². The van der Waals surface area contributed by atoms with Crippen molar-refractivity contribution >= 4 is 17.7 Å². The summed E-state index contributed by atoms with van der Waals surface area (Å²) in [4.78, 5) is 44.9. The van der Waals surface area contributed by atoms with Gasteiger partial charge < -0.3 is 9.84 Å². The van der Waals surface area contributed by atoms with Gasteiger partial charge in [0.15, 0.2) is 5.82 Å². The third kappa shape index (κ3) is 3.72. The van der Waals surface area contributed by atoms with Crippen molar-refractivity contribution < 1.29 is 18.9 Å². The van der Waals surface area contributed by atoms with Crippen LogP contribution in [0.15, 0.2) is 22.7 Å². The molecule has 1 aliphatic heterocycles. The molecule has 1 aromatic carbocycles. The molecule has 1 atom stereocenters. The Morgan fingerprint density at radius 1 is 1.06 bits per heavy atom. The molecular formula is C24H28N4O4. The molecule has 1 unspecified atom stereocenters. The Bertz CT molecular complexity index is 1070. The van der Waals surface area contributed by atoms with Gasteiger partial charge in [-0.05, 0) is 49.8 Å². The van der Waals surface area contributed by atoms with Crippen LogP contribution in [0.1, 0.15) is 114 Å².